The molecular formula is C94H88N26O17S5. The van der Waals surface area contributed by atoms with E-state index in [9.17, 15) is 64.9 Å². The second kappa shape index (κ2) is 46.5. The van der Waals surface area contributed by atoms with Gasteiger partial charge < -0.3 is 30.7 Å². The van der Waals surface area contributed by atoms with E-state index in [0.29, 0.717) is 140 Å². The molecule has 12 aromatic carbocycles. The van der Waals surface area contributed by atoms with E-state index in [2.05, 4.69) is 103 Å². The lowest BCUT2D eigenvalue weighted by Gasteiger charge is -2.16. The molecule has 0 fully saturated rings. The molecule has 0 spiro atoms. The molecule has 726 valence electrons. The van der Waals surface area contributed by atoms with Gasteiger partial charge in [0.05, 0.1) is 114 Å². The number of aryl methyl sites for hydroxylation is 4. The van der Waals surface area contributed by atoms with E-state index in [0.717, 1.165) is 17.7 Å². The van der Waals surface area contributed by atoms with Crippen LogP contribution in [0.3, 0.4) is 0 Å². The Morgan fingerprint density at radius 1 is 0.303 bits per heavy atom. The highest BCUT2D eigenvalue weighted by atomic mass is 32.2. The molecule has 14 rings (SSSR count). The van der Waals surface area contributed by atoms with Crippen LogP contribution in [0.2, 0.25) is 0 Å². The van der Waals surface area contributed by atoms with Gasteiger partial charge in [-0.05, 0) is 275 Å². The normalized spacial score (nSPS) is 12.4. The van der Waals surface area contributed by atoms with Crippen LogP contribution in [-0.4, -0.2) is 127 Å². The molecule has 0 aliphatic carbocycles. The number of benzene rings is 12. The van der Waals surface area contributed by atoms with Gasteiger partial charge in [-0.25, -0.2) is 4.98 Å². The summed E-state index contributed by atoms with van der Waals surface area (Å²) >= 11 is 0. The topological polar surface area (TPSA) is 614 Å². The molecule has 0 saturated carbocycles. The Bertz CT molecular complexity index is 7840. The van der Waals surface area contributed by atoms with Gasteiger partial charge in [-0.15, -0.1) is 10.2 Å². The van der Waals surface area contributed by atoms with Crippen molar-refractivity contribution < 1.29 is 74.3 Å². The molecule has 0 bridgehead atoms. The molecule has 0 atom stereocenters. The van der Waals surface area contributed by atoms with Crippen molar-refractivity contribution in [3.05, 3.63) is 300 Å². The van der Waals surface area contributed by atoms with Crippen LogP contribution in [0, 0.1) is 27.7 Å². The standard InChI is InChI=1S/C94H88N26O17S5/c1-6-46-136-86-58-83(120-118-81-43-35-75(56-88(81)142(133,134)135)114-106-66-18-11-8-12-19-66)62(5)52-84(86)98-94-103-92(102-93(104-94)97-73-33-41-79(61(4)51-73)115-111-69-25-21-67(22-26-69)107-109-71-29-36-76(37-30-71)139(124,125)126)96-45-14-13-44-95-91-100-89(53-63-20-40-78(59(2)49-63)116-117-80-42-34-74(55-87(80)141(130,131)132)113-105-65-16-9-7-10-17-65)99-90(101-91)54-64-50-60(3)82(57-85(64)137-47-15-48-138(121,122)123)119-112-70-27-23-68(24-28-70)108-110-72-31-38-77(39-32-72)140(127,128)129/h7-12,16-43,49-52,55-58H,6,13-15,44-48,53-54H2,1-5H3,(H,121,122,123)(H,124,125,126)(H,127,128,129)(H,130,131,132)(H,133,134,135)(H,95,99,100,101)(H3,96,97,98,102,103,104). The van der Waals surface area contributed by atoms with Gasteiger partial charge >= 0.3 is 0 Å². The molecule has 2 aromatic heterocycles. The number of anilines is 6. The Hall–Kier alpha value is -16.2. The average molecular weight is 2010 g/mol. The molecule has 43 nitrogen and oxygen atoms in total. The van der Waals surface area contributed by atoms with Crippen molar-refractivity contribution >= 4 is 177 Å². The van der Waals surface area contributed by atoms with Crippen molar-refractivity contribution in [2.75, 3.05) is 53.3 Å². The third-order valence-corrected chi connectivity index (χ3v) is 24.6. The molecule has 0 saturated heterocycles. The summed E-state index contributed by atoms with van der Waals surface area (Å²) in [5.74, 6) is 1.06. The number of hydrogen-bond acceptors (Lipinski definition) is 38. The van der Waals surface area contributed by atoms with E-state index in [1.807, 2.05) is 38.1 Å². The molecule has 9 N–H and O–H groups in total. The van der Waals surface area contributed by atoms with E-state index in [-0.39, 0.29) is 112 Å². The summed E-state index contributed by atoms with van der Waals surface area (Å²) in [4.78, 5) is 27.5. The van der Waals surface area contributed by atoms with Gasteiger partial charge in [-0.2, -0.15) is 139 Å². The fourth-order valence-corrected chi connectivity index (χ4v) is 15.9. The third-order valence-electron chi connectivity index (χ3n) is 20.3. The Kier molecular flexibility index (Phi) is 33.3. The van der Waals surface area contributed by atoms with Crippen molar-refractivity contribution in [1.82, 2.24) is 29.9 Å². The number of azo groups is 8. The lowest BCUT2D eigenvalue weighted by molar-refractivity contribution is 0.313. The first-order valence-electron chi connectivity index (χ1n) is 43.2. The van der Waals surface area contributed by atoms with Crippen LogP contribution in [-0.2, 0) is 63.4 Å². The second-order valence-corrected chi connectivity index (χ2v) is 38.5. The number of unbranched alkanes of at least 4 members (excludes halogenated alkanes) is 1. The molecule has 48 heteroatoms. The summed E-state index contributed by atoms with van der Waals surface area (Å²) in [7, 11) is -22.8. The maximum absolute atomic E-state index is 12.8. The van der Waals surface area contributed by atoms with Gasteiger partial charge in [0.15, 0.2) is 0 Å². The van der Waals surface area contributed by atoms with Gasteiger partial charge in [-0.1, -0.05) is 55.5 Å². The first kappa shape index (κ1) is 102. The Morgan fingerprint density at radius 3 is 1.13 bits per heavy atom. The Balaban J connectivity index is 0.722. The number of aromatic nitrogens is 6. The van der Waals surface area contributed by atoms with Crippen LogP contribution in [0.1, 0.15) is 77.6 Å². The lowest BCUT2D eigenvalue weighted by Crippen LogP contribution is -2.14. The monoisotopic (exact) mass is 2010 g/mol. The van der Waals surface area contributed by atoms with Crippen LogP contribution in [0.5, 0.6) is 11.5 Å². The van der Waals surface area contributed by atoms with E-state index >= 15 is 0 Å². The molecule has 14 aromatic rings. The van der Waals surface area contributed by atoms with Crippen LogP contribution in [0.4, 0.5) is 126 Å². The predicted molar refractivity (Wildman–Crippen MR) is 529 cm³/mol. The maximum atomic E-state index is 12.8. The van der Waals surface area contributed by atoms with Gasteiger partial charge in [0.2, 0.25) is 23.8 Å². The highest BCUT2D eigenvalue weighted by Gasteiger charge is 2.23. The fraction of sp³-hybridized carbons (Fsp3) is 0.170. The Labute approximate surface area is 814 Å². The van der Waals surface area contributed by atoms with Crippen LogP contribution in [0.15, 0.2) is 356 Å². The van der Waals surface area contributed by atoms with Gasteiger partial charge in [0, 0.05) is 49.3 Å². The zero-order chi connectivity index (χ0) is 101. The van der Waals surface area contributed by atoms with Crippen LogP contribution in [0.25, 0.3) is 0 Å². The van der Waals surface area contributed by atoms with E-state index in [4.69, 9.17) is 39.4 Å². The SMILES string of the molecule is CCCOc1cc(N=Nc2ccc(N=Nc3ccccc3)cc2S(=O)(=O)O)c(C)cc1Nc1nc(NCCCCNc2nc(Cc3ccc(N=Nc4ccc(N=Nc5ccccc5)cc4S(=O)(=O)O)c(C)c3)nc(Cc3cc(C)c(N=Nc4ccc(N=Nc5ccc(S(=O)(=O)O)cc5)cc4)cc3OCCCS(=O)(=O)O)n2)nc(Nc2ccc(N=Nc3ccc(N=Nc4ccc(S(=O)(=O)O)cc4)cc3)c(C)c2)n1. The Morgan fingerprint density at radius 2 is 0.669 bits per heavy atom. The molecule has 2 heterocycles. The van der Waals surface area contributed by atoms with E-state index in [1.165, 1.54) is 72.8 Å². The van der Waals surface area contributed by atoms with Crippen molar-refractivity contribution in [3.63, 3.8) is 0 Å². The minimum atomic E-state index is -4.85. The van der Waals surface area contributed by atoms with Crippen molar-refractivity contribution in [2.45, 2.75) is 92.7 Å². The fourth-order valence-electron chi connectivity index (χ4n) is 13.2. The van der Waals surface area contributed by atoms with Crippen molar-refractivity contribution in [1.29, 1.82) is 0 Å². The molecular weight excluding hydrogens is 1930 g/mol. The molecule has 0 aliphatic heterocycles. The number of nitrogens with zero attached hydrogens (tertiary/aromatic N) is 22. The van der Waals surface area contributed by atoms with Crippen molar-refractivity contribution in [2.24, 2.45) is 81.8 Å². The van der Waals surface area contributed by atoms with Gasteiger partial charge in [0.1, 0.15) is 44.3 Å². The number of ether oxygens (including phenoxy) is 2. The van der Waals surface area contributed by atoms with Gasteiger partial charge in [0.25, 0.3) is 50.6 Å². The summed E-state index contributed by atoms with van der Waals surface area (Å²) < 4.78 is 183. The van der Waals surface area contributed by atoms with Crippen LogP contribution >= 0.6 is 0 Å². The summed E-state index contributed by atoms with van der Waals surface area (Å²) in [6, 6.07) is 66.6. The summed E-state index contributed by atoms with van der Waals surface area (Å²) in [5.41, 5.74) is 9.74. The zero-order valence-corrected chi connectivity index (χ0v) is 80.1. The zero-order valence-electron chi connectivity index (χ0n) is 76.0. The summed E-state index contributed by atoms with van der Waals surface area (Å²) in [5, 5.41) is 81.9. The highest BCUT2D eigenvalue weighted by Crippen LogP contribution is 2.41. The smallest absolute Gasteiger partial charge is 0.296 e. The van der Waals surface area contributed by atoms with Crippen molar-refractivity contribution in [3.8, 4) is 11.5 Å². The minimum Gasteiger partial charge on any atom is -0.493 e. The molecule has 0 aliphatic rings. The van der Waals surface area contributed by atoms with Crippen LogP contribution < -0.4 is 30.7 Å². The minimum absolute atomic E-state index is 0.0211. The summed E-state index contributed by atoms with van der Waals surface area (Å²) in [6.45, 7) is 9.82. The third kappa shape index (κ3) is 30.2. The number of nitrogens with one attached hydrogen (secondary N) is 4. The van der Waals surface area contributed by atoms with E-state index in [1.54, 1.807) is 166 Å². The molecule has 0 radical (unpaired) electrons. The quantitative estimate of drug-likeness (QED) is 0.00973. The molecule has 0 unspecified atom stereocenters. The molecule has 142 heavy (non-hydrogen) atoms. The average Bonchev–Trinajstić information content (AvgIpc) is 0.806. The predicted octanol–water partition coefficient (Wildman–Crippen LogP) is 25.0. The molecule has 0 amide bonds. The maximum Gasteiger partial charge on any atom is 0.296 e. The highest BCUT2D eigenvalue weighted by molar-refractivity contribution is 7.87. The lowest BCUT2D eigenvalue weighted by atomic mass is 10.0. The largest absolute Gasteiger partial charge is 0.493 e. The summed E-state index contributed by atoms with van der Waals surface area (Å²) in [6.07, 6.45) is 1.67. The first-order chi connectivity index (χ1) is 68.0. The van der Waals surface area contributed by atoms with Gasteiger partial charge in [-0.3, -0.25) is 22.8 Å². The first-order valence-corrected chi connectivity index (χ1v) is 50.6. The number of hydrogen-bond donors (Lipinski definition) is 9. The number of rotatable bonds is 43. The van der Waals surface area contributed by atoms with E-state index < -0.39 is 66.1 Å². The second-order valence-electron chi connectivity index (χ2n) is 31.3.